The van der Waals surface area contributed by atoms with Crippen molar-refractivity contribution in [2.75, 3.05) is 7.05 Å². The van der Waals surface area contributed by atoms with Gasteiger partial charge in [-0.05, 0) is 0 Å². The summed E-state index contributed by atoms with van der Waals surface area (Å²) in [4.78, 5) is 29.3. The number of hydrogen-bond acceptors (Lipinski definition) is 3. The lowest BCUT2D eigenvalue weighted by molar-refractivity contribution is -0.131. The Hall–Kier alpha value is -0.420. The SMILES string of the molecule is CN1C(=O)[C@@H](P(=O)(O)O)C[C@@H]1O. The zero-order chi connectivity index (χ0) is 9.52. The third kappa shape index (κ3) is 1.51. The average Bonchev–Trinajstić information content (AvgIpc) is 2.15. The van der Waals surface area contributed by atoms with Crippen molar-refractivity contribution in [2.45, 2.75) is 18.3 Å². The molecule has 3 N–H and O–H groups in total. The van der Waals surface area contributed by atoms with Gasteiger partial charge in [0.1, 0.15) is 11.9 Å². The Morgan fingerprint density at radius 1 is 1.58 bits per heavy atom. The largest absolute Gasteiger partial charge is 0.373 e. The quantitative estimate of drug-likeness (QED) is 0.452. The topological polar surface area (TPSA) is 98.1 Å². The Labute approximate surface area is 69.0 Å². The van der Waals surface area contributed by atoms with Gasteiger partial charge in [-0.25, -0.2) is 0 Å². The van der Waals surface area contributed by atoms with Crippen molar-refractivity contribution >= 4 is 13.5 Å². The molecule has 0 unspecified atom stereocenters. The summed E-state index contributed by atoms with van der Waals surface area (Å²) >= 11 is 0. The van der Waals surface area contributed by atoms with Crippen molar-refractivity contribution in [3.8, 4) is 0 Å². The summed E-state index contributed by atoms with van der Waals surface area (Å²) in [6.07, 6.45) is -1.27. The van der Waals surface area contributed by atoms with Gasteiger partial charge in [-0.1, -0.05) is 0 Å². The van der Waals surface area contributed by atoms with E-state index in [0.29, 0.717) is 0 Å². The summed E-state index contributed by atoms with van der Waals surface area (Å²) in [5.41, 5.74) is -1.36. The second kappa shape index (κ2) is 2.81. The average molecular weight is 195 g/mol. The van der Waals surface area contributed by atoms with Crippen molar-refractivity contribution in [1.29, 1.82) is 0 Å². The minimum absolute atomic E-state index is 0.195. The molecule has 1 fully saturated rings. The molecule has 0 aromatic heterocycles. The van der Waals surface area contributed by atoms with Crippen LogP contribution in [0, 0.1) is 0 Å². The highest BCUT2D eigenvalue weighted by Crippen LogP contribution is 2.46. The fourth-order valence-electron chi connectivity index (χ4n) is 1.12. The van der Waals surface area contributed by atoms with Gasteiger partial charge in [0.15, 0.2) is 0 Å². The molecule has 0 aromatic rings. The molecule has 70 valence electrons. The van der Waals surface area contributed by atoms with Crippen molar-refractivity contribution < 1.29 is 24.3 Å². The number of carbonyl (C=O) groups is 1. The summed E-state index contributed by atoms with van der Waals surface area (Å²) < 4.78 is 10.7. The summed E-state index contributed by atoms with van der Waals surface area (Å²) in [5, 5.41) is 9.06. The molecule has 6 nitrogen and oxygen atoms in total. The summed E-state index contributed by atoms with van der Waals surface area (Å²) in [6.45, 7) is 0. The van der Waals surface area contributed by atoms with Gasteiger partial charge in [-0.2, -0.15) is 0 Å². The van der Waals surface area contributed by atoms with E-state index in [2.05, 4.69) is 0 Å². The maximum Gasteiger partial charge on any atom is 0.338 e. The smallest absolute Gasteiger partial charge is 0.338 e. The molecule has 0 radical (unpaired) electrons. The van der Waals surface area contributed by atoms with Gasteiger partial charge in [0.2, 0.25) is 5.91 Å². The van der Waals surface area contributed by atoms with E-state index in [0.717, 1.165) is 4.90 Å². The number of hydrogen-bond donors (Lipinski definition) is 3. The Morgan fingerprint density at radius 3 is 2.25 bits per heavy atom. The molecule has 1 amide bonds. The van der Waals surface area contributed by atoms with E-state index in [9.17, 15) is 9.36 Å². The highest BCUT2D eigenvalue weighted by molar-refractivity contribution is 7.53. The van der Waals surface area contributed by atoms with Crippen LogP contribution >= 0.6 is 7.60 Å². The molecule has 12 heavy (non-hydrogen) atoms. The second-order valence-electron chi connectivity index (χ2n) is 2.77. The van der Waals surface area contributed by atoms with Gasteiger partial charge in [-0.3, -0.25) is 9.36 Å². The first kappa shape index (κ1) is 9.67. The standard InChI is InChI=1S/C5H10NO5P/c1-6-4(7)2-3(5(6)8)12(9,10)11/h3-4,7H,2H2,1H3,(H2,9,10,11)/t3-,4-/m0/s1. The highest BCUT2D eigenvalue weighted by atomic mass is 31.2. The molecular weight excluding hydrogens is 185 g/mol. The molecule has 0 spiro atoms. The molecule has 0 aliphatic carbocycles. The Morgan fingerprint density at radius 2 is 2.08 bits per heavy atom. The Bertz CT molecular complexity index is 248. The number of aliphatic hydroxyl groups excluding tert-OH is 1. The lowest BCUT2D eigenvalue weighted by atomic mass is 10.3. The van der Waals surface area contributed by atoms with Crippen LogP contribution < -0.4 is 0 Å². The van der Waals surface area contributed by atoms with Gasteiger partial charge < -0.3 is 19.8 Å². The molecule has 2 atom stereocenters. The van der Waals surface area contributed by atoms with E-state index in [1.807, 2.05) is 0 Å². The summed E-state index contributed by atoms with van der Waals surface area (Å²) in [6, 6.07) is 0. The number of carbonyl (C=O) groups excluding carboxylic acids is 1. The second-order valence-corrected chi connectivity index (χ2v) is 4.57. The van der Waals surface area contributed by atoms with E-state index >= 15 is 0 Å². The van der Waals surface area contributed by atoms with Crippen LogP contribution in [0.1, 0.15) is 6.42 Å². The van der Waals surface area contributed by atoms with E-state index in [1.165, 1.54) is 7.05 Å². The number of likely N-dealkylation sites (tertiary alicyclic amines) is 1. The molecule has 7 heteroatoms. The molecule has 1 heterocycles. The van der Waals surface area contributed by atoms with Crippen LogP contribution in [-0.4, -0.2) is 44.6 Å². The van der Waals surface area contributed by atoms with Crippen molar-refractivity contribution in [3.05, 3.63) is 0 Å². The number of rotatable bonds is 1. The lowest BCUT2D eigenvalue weighted by Gasteiger charge is -2.12. The molecule has 0 saturated carbocycles. The fraction of sp³-hybridized carbons (Fsp3) is 0.800. The van der Waals surface area contributed by atoms with E-state index in [1.54, 1.807) is 0 Å². The van der Waals surface area contributed by atoms with Crippen LogP contribution in [0.3, 0.4) is 0 Å². The Balaban J connectivity index is 2.86. The van der Waals surface area contributed by atoms with Gasteiger partial charge >= 0.3 is 7.60 Å². The normalized spacial score (nSPS) is 31.3. The summed E-state index contributed by atoms with van der Waals surface area (Å²) in [7, 11) is -3.09. The zero-order valence-corrected chi connectivity index (χ0v) is 7.31. The van der Waals surface area contributed by atoms with Crippen molar-refractivity contribution in [1.82, 2.24) is 4.90 Å². The van der Waals surface area contributed by atoms with Crippen LogP contribution in [0.2, 0.25) is 0 Å². The van der Waals surface area contributed by atoms with Crippen molar-refractivity contribution in [2.24, 2.45) is 0 Å². The molecule has 1 saturated heterocycles. The molecule has 1 aliphatic rings. The first-order chi connectivity index (χ1) is 5.34. The zero-order valence-electron chi connectivity index (χ0n) is 6.41. The molecule has 1 aliphatic heterocycles. The van der Waals surface area contributed by atoms with Crippen LogP contribution in [0.5, 0.6) is 0 Å². The van der Waals surface area contributed by atoms with Gasteiger partial charge in [0, 0.05) is 13.5 Å². The number of aliphatic hydroxyl groups is 1. The monoisotopic (exact) mass is 195 g/mol. The molecular formula is C5H10NO5P. The number of amides is 1. The first-order valence-electron chi connectivity index (χ1n) is 3.34. The highest BCUT2D eigenvalue weighted by Gasteiger charge is 2.46. The minimum atomic E-state index is -4.40. The first-order valence-corrected chi connectivity index (χ1v) is 5.02. The van der Waals surface area contributed by atoms with E-state index in [-0.39, 0.29) is 6.42 Å². The third-order valence-electron chi connectivity index (χ3n) is 1.92. The van der Waals surface area contributed by atoms with Crippen LogP contribution in [-0.2, 0) is 9.36 Å². The number of nitrogens with zero attached hydrogens (tertiary/aromatic N) is 1. The maximum absolute atomic E-state index is 11.0. The van der Waals surface area contributed by atoms with Crippen LogP contribution in [0.25, 0.3) is 0 Å². The lowest BCUT2D eigenvalue weighted by Crippen LogP contribution is -2.30. The molecule has 0 aromatic carbocycles. The van der Waals surface area contributed by atoms with Crippen molar-refractivity contribution in [3.63, 3.8) is 0 Å². The van der Waals surface area contributed by atoms with Gasteiger partial charge in [-0.15, -0.1) is 0 Å². The fourth-order valence-corrected chi connectivity index (χ4v) is 2.05. The molecule has 0 bridgehead atoms. The predicted molar refractivity (Wildman–Crippen MR) is 39.2 cm³/mol. The van der Waals surface area contributed by atoms with Gasteiger partial charge in [0.25, 0.3) is 0 Å². The van der Waals surface area contributed by atoms with Crippen LogP contribution in [0.4, 0.5) is 0 Å². The van der Waals surface area contributed by atoms with Crippen LogP contribution in [0.15, 0.2) is 0 Å². The van der Waals surface area contributed by atoms with E-state index < -0.39 is 25.4 Å². The molecule has 1 rings (SSSR count). The summed E-state index contributed by atoms with van der Waals surface area (Å²) in [5.74, 6) is -0.698. The maximum atomic E-state index is 11.0. The minimum Gasteiger partial charge on any atom is -0.373 e. The third-order valence-corrected chi connectivity index (χ3v) is 3.16. The van der Waals surface area contributed by atoms with E-state index in [4.69, 9.17) is 14.9 Å². The Kier molecular flexibility index (Phi) is 2.27. The predicted octanol–water partition coefficient (Wildman–Crippen LogP) is -1.29. The van der Waals surface area contributed by atoms with Gasteiger partial charge in [0.05, 0.1) is 0 Å².